The molecule has 126 valence electrons. The maximum atomic E-state index is 13.7. The van der Waals surface area contributed by atoms with Gasteiger partial charge in [-0.15, -0.1) is 0 Å². The van der Waals surface area contributed by atoms with E-state index in [-0.39, 0.29) is 17.8 Å². The summed E-state index contributed by atoms with van der Waals surface area (Å²) < 4.78 is 15.6. The number of aromatic nitrogens is 1. The van der Waals surface area contributed by atoms with Gasteiger partial charge < -0.3 is 9.88 Å². The van der Waals surface area contributed by atoms with Gasteiger partial charge in [-0.3, -0.25) is 14.9 Å². The molecule has 0 saturated heterocycles. The van der Waals surface area contributed by atoms with Gasteiger partial charge >= 0.3 is 0 Å². The van der Waals surface area contributed by atoms with Gasteiger partial charge in [0, 0.05) is 30.2 Å². The molecule has 0 aliphatic heterocycles. The van der Waals surface area contributed by atoms with Crippen LogP contribution >= 0.6 is 0 Å². The highest BCUT2D eigenvalue weighted by Crippen LogP contribution is 2.21. The number of hydrogen-bond donors (Lipinski definition) is 1. The molecule has 2 aromatic carbocycles. The molecule has 0 spiro atoms. The Labute approximate surface area is 142 Å². The molecule has 0 bridgehead atoms. The van der Waals surface area contributed by atoms with Crippen LogP contribution in [0.2, 0.25) is 0 Å². The third-order valence-electron chi connectivity index (χ3n) is 3.64. The first-order valence-electron chi connectivity index (χ1n) is 7.49. The van der Waals surface area contributed by atoms with Crippen molar-refractivity contribution in [2.24, 2.45) is 0 Å². The molecule has 0 saturated carbocycles. The molecular formula is C18H14FN3O3. The van der Waals surface area contributed by atoms with Gasteiger partial charge in [-0.1, -0.05) is 12.1 Å². The van der Waals surface area contributed by atoms with Crippen molar-refractivity contribution in [1.29, 1.82) is 0 Å². The Bertz CT molecular complexity index is 906. The second-order valence-electron chi connectivity index (χ2n) is 5.40. The zero-order chi connectivity index (χ0) is 17.8. The lowest BCUT2D eigenvalue weighted by Gasteiger charge is -2.08. The predicted molar refractivity (Wildman–Crippen MR) is 91.2 cm³/mol. The van der Waals surface area contributed by atoms with E-state index in [2.05, 4.69) is 5.32 Å². The Morgan fingerprint density at radius 2 is 1.80 bits per heavy atom. The van der Waals surface area contributed by atoms with Crippen molar-refractivity contribution in [2.45, 2.75) is 6.42 Å². The summed E-state index contributed by atoms with van der Waals surface area (Å²) in [6.07, 6.45) is 3.85. The van der Waals surface area contributed by atoms with Gasteiger partial charge in [0.25, 0.3) is 5.69 Å². The van der Waals surface area contributed by atoms with Crippen LogP contribution in [-0.4, -0.2) is 15.4 Å². The van der Waals surface area contributed by atoms with E-state index >= 15 is 0 Å². The highest BCUT2D eigenvalue weighted by molar-refractivity contribution is 5.92. The Morgan fingerprint density at radius 3 is 2.44 bits per heavy atom. The number of amides is 1. The van der Waals surface area contributed by atoms with Crippen LogP contribution in [0.25, 0.3) is 5.69 Å². The molecule has 1 heterocycles. The zero-order valence-corrected chi connectivity index (χ0v) is 13.1. The quantitative estimate of drug-likeness (QED) is 0.569. The number of hydrogen-bond acceptors (Lipinski definition) is 3. The standard InChI is InChI=1S/C18H14FN3O3/c19-16-8-7-15(22(24)25)12-17(16)20-18(23)11-13-3-5-14(6-4-13)21-9-1-2-10-21/h1-10,12H,11H2,(H,20,23). The topological polar surface area (TPSA) is 77.2 Å². The molecule has 6 nitrogen and oxygen atoms in total. The maximum Gasteiger partial charge on any atom is 0.271 e. The average Bonchev–Trinajstić information content (AvgIpc) is 3.12. The Kier molecular flexibility index (Phi) is 4.56. The summed E-state index contributed by atoms with van der Waals surface area (Å²) in [6, 6.07) is 14.2. The van der Waals surface area contributed by atoms with Crippen molar-refractivity contribution in [2.75, 3.05) is 5.32 Å². The molecule has 1 amide bonds. The van der Waals surface area contributed by atoms with Crippen LogP contribution in [-0.2, 0) is 11.2 Å². The van der Waals surface area contributed by atoms with Crippen LogP contribution in [0, 0.1) is 15.9 Å². The number of halogens is 1. The summed E-state index contributed by atoms with van der Waals surface area (Å²) in [5.74, 6) is -1.17. The summed E-state index contributed by atoms with van der Waals surface area (Å²) in [4.78, 5) is 22.2. The molecule has 0 radical (unpaired) electrons. The monoisotopic (exact) mass is 339 g/mol. The third-order valence-corrected chi connectivity index (χ3v) is 3.64. The van der Waals surface area contributed by atoms with Crippen molar-refractivity contribution >= 4 is 17.3 Å². The number of carbonyl (C=O) groups excluding carboxylic acids is 1. The maximum absolute atomic E-state index is 13.7. The Hall–Kier alpha value is -3.48. The first kappa shape index (κ1) is 16.4. The van der Waals surface area contributed by atoms with Crippen molar-refractivity contribution in [1.82, 2.24) is 4.57 Å². The lowest BCUT2D eigenvalue weighted by atomic mass is 10.1. The molecule has 1 N–H and O–H groups in total. The number of anilines is 1. The van der Waals surface area contributed by atoms with Gasteiger partial charge in [0.05, 0.1) is 17.0 Å². The molecule has 0 aliphatic rings. The zero-order valence-electron chi connectivity index (χ0n) is 13.1. The number of benzene rings is 2. The summed E-state index contributed by atoms with van der Waals surface area (Å²) in [5.41, 5.74) is 1.22. The van der Waals surface area contributed by atoms with Crippen LogP contribution < -0.4 is 5.32 Å². The highest BCUT2D eigenvalue weighted by atomic mass is 19.1. The number of rotatable bonds is 5. The number of nitrogens with one attached hydrogen (secondary N) is 1. The second-order valence-corrected chi connectivity index (χ2v) is 5.40. The van der Waals surface area contributed by atoms with E-state index in [0.717, 1.165) is 29.4 Å². The smallest absolute Gasteiger partial charge is 0.271 e. The fourth-order valence-corrected chi connectivity index (χ4v) is 2.39. The number of nitrogens with zero attached hydrogens (tertiary/aromatic N) is 2. The largest absolute Gasteiger partial charge is 0.324 e. The summed E-state index contributed by atoms with van der Waals surface area (Å²) in [7, 11) is 0. The van der Waals surface area contributed by atoms with Crippen LogP contribution in [0.4, 0.5) is 15.8 Å². The fourth-order valence-electron chi connectivity index (χ4n) is 2.39. The van der Waals surface area contributed by atoms with E-state index in [9.17, 15) is 19.3 Å². The third kappa shape index (κ3) is 3.89. The molecule has 0 unspecified atom stereocenters. The number of nitro benzene ring substituents is 1. The lowest BCUT2D eigenvalue weighted by molar-refractivity contribution is -0.384. The molecular weight excluding hydrogens is 325 g/mol. The number of carbonyl (C=O) groups is 1. The van der Waals surface area contributed by atoms with Gasteiger partial charge in [0.1, 0.15) is 5.82 Å². The van der Waals surface area contributed by atoms with E-state index in [1.54, 1.807) is 12.1 Å². The molecule has 3 aromatic rings. The predicted octanol–water partition coefficient (Wildman–Crippen LogP) is 3.71. The van der Waals surface area contributed by atoms with E-state index in [1.807, 2.05) is 41.2 Å². The van der Waals surface area contributed by atoms with Crippen molar-refractivity contribution in [3.8, 4) is 5.69 Å². The van der Waals surface area contributed by atoms with Gasteiger partial charge in [-0.2, -0.15) is 0 Å². The molecule has 0 atom stereocenters. The average molecular weight is 339 g/mol. The van der Waals surface area contributed by atoms with Gasteiger partial charge in [0.15, 0.2) is 0 Å². The molecule has 3 rings (SSSR count). The van der Waals surface area contributed by atoms with E-state index in [0.29, 0.717) is 0 Å². The number of non-ortho nitro benzene ring substituents is 1. The Morgan fingerprint density at radius 1 is 1.12 bits per heavy atom. The molecule has 1 aromatic heterocycles. The second kappa shape index (κ2) is 6.96. The molecule has 25 heavy (non-hydrogen) atoms. The van der Waals surface area contributed by atoms with Crippen molar-refractivity contribution in [3.05, 3.63) is 88.5 Å². The van der Waals surface area contributed by atoms with Gasteiger partial charge in [-0.05, 0) is 35.9 Å². The fraction of sp³-hybridized carbons (Fsp3) is 0.0556. The minimum absolute atomic E-state index is 0.0358. The SMILES string of the molecule is O=C(Cc1ccc(-n2cccc2)cc1)Nc1cc([N+](=O)[O-])ccc1F. The summed E-state index contributed by atoms with van der Waals surface area (Å²) >= 11 is 0. The van der Waals surface area contributed by atoms with Gasteiger partial charge in [-0.25, -0.2) is 4.39 Å². The molecule has 0 aliphatic carbocycles. The normalized spacial score (nSPS) is 10.4. The van der Waals surface area contributed by atoms with Gasteiger partial charge in [0.2, 0.25) is 5.91 Å². The lowest BCUT2D eigenvalue weighted by Crippen LogP contribution is -2.15. The van der Waals surface area contributed by atoms with E-state index in [1.165, 1.54) is 0 Å². The van der Waals surface area contributed by atoms with E-state index < -0.39 is 16.6 Å². The first-order valence-corrected chi connectivity index (χ1v) is 7.49. The summed E-state index contributed by atoms with van der Waals surface area (Å²) in [5, 5.41) is 13.1. The molecule has 0 fully saturated rings. The Balaban J connectivity index is 1.68. The molecule has 7 heteroatoms. The minimum Gasteiger partial charge on any atom is -0.324 e. The van der Waals surface area contributed by atoms with E-state index in [4.69, 9.17) is 0 Å². The van der Waals surface area contributed by atoms with Crippen molar-refractivity contribution < 1.29 is 14.1 Å². The summed E-state index contributed by atoms with van der Waals surface area (Å²) in [6.45, 7) is 0. The van der Waals surface area contributed by atoms with Crippen LogP contribution in [0.1, 0.15) is 5.56 Å². The van der Waals surface area contributed by atoms with Crippen LogP contribution in [0.5, 0.6) is 0 Å². The van der Waals surface area contributed by atoms with Crippen LogP contribution in [0.3, 0.4) is 0 Å². The first-order chi connectivity index (χ1) is 12.0. The van der Waals surface area contributed by atoms with Crippen LogP contribution in [0.15, 0.2) is 67.0 Å². The highest BCUT2D eigenvalue weighted by Gasteiger charge is 2.13. The van der Waals surface area contributed by atoms with Crippen molar-refractivity contribution in [3.63, 3.8) is 0 Å². The number of nitro groups is 1. The minimum atomic E-state index is -0.720.